The maximum atomic E-state index is 6.44. The second kappa shape index (κ2) is 9.16. The Kier molecular flexibility index (Phi) is 6.64. The van der Waals surface area contributed by atoms with Crippen LogP contribution in [0.1, 0.15) is 25.5 Å². The Morgan fingerprint density at radius 3 is 2.41 bits per heavy atom. The molecule has 142 valence electrons. The van der Waals surface area contributed by atoms with Crippen LogP contribution in [0, 0.1) is 0 Å². The average molecular weight is 404 g/mol. The van der Waals surface area contributed by atoms with Crippen molar-refractivity contribution in [1.29, 1.82) is 0 Å². The summed E-state index contributed by atoms with van der Waals surface area (Å²) < 4.78 is 8.27. The first kappa shape index (κ1) is 19.6. The highest BCUT2D eigenvalue weighted by atomic mass is 35.5. The van der Waals surface area contributed by atoms with Gasteiger partial charge in [0.25, 0.3) is 0 Å². The average Bonchev–Trinajstić information content (AvgIpc) is 3.17. The zero-order valence-corrected chi connectivity index (χ0v) is 17.0. The molecule has 0 amide bonds. The van der Waals surface area contributed by atoms with Crippen molar-refractivity contribution in [2.75, 3.05) is 18.0 Å². The fraction of sp³-hybridized carbons (Fsp3) is 0.286. The molecule has 0 bridgehead atoms. The van der Waals surface area contributed by atoms with Crippen LogP contribution >= 0.6 is 23.2 Å². The van der Waals surface area contributed by atoms with Crippen LogP contribution in [0.4, 0.5) is 5.69 Å². The second-order valence-corrected chi connectivity index (χ2v) is 7.04. The topological polar surface area (TPSA) is 30.3 Å². The molecule has 0 aliphatic rings. The highest BCUT2D eigenvalue weighted by molar-refractivity contribution is 6.35. The highest BCUT2D eigenvalue weighted by Crippen LogP contribution is 2.31. The maximum Gasteiger partial charge on any atom is 0.143 e. The molecular weight excluding hydrogens is 381 g/mol. The first-order valence-corrected chi connectivity index (χ1v) is 9.78. The normalized spacial score (nSPS) is 12.0. The molecule has 27 heavy (non-hydrogen) atoms. The lowest BCUT2D eigenvalue weighted by Crippen LogP contribution is -2.21. The summed E-state index contributed by atoms with van der Waals surface area (Å²) in [5, 5.41) is 1.20. The summed E-state index contributed by atoms with van der Waals surface area (Å²) in [6.45, 7) is 6.84. The molecule has 3 aromatic rings. The Bertz CT molecular complexity index is 846. The fourth-order valence-corrected chi connectivity index (χ4v) is 3.57. The first-order chi connectivity index (χ1) is 13.1. The lowest BCUT2D eigenvalue weighted by atomic mass is 10.1. The van der Waals surface area contributed by atoms with Crippen molar-refractivity contribution in [3.05, 3.63) is 76.8 Å². The number of aromatic nitrogens is 2. The van der Waals surface area contributed by atoms with Gasteiger partial charge in [0.1, 0.15) is 11.9 Å². The molecule has 6 heteroatoms. The zero-order chi connectivity index (χ0) is 19.2. The third-order valence-electron chi connectivity index (χ3n) is 4.49. The molecule has 0 fully saturated rings. The van der Waals surface area contributed by atoms with E-state index in [1.165, 1.54) is 5.69 Å². The van der Waals surface area contributed by atoms with Gasteiger partial charge in [0, 0.05) is 46.8 Å². The largest absolute Gasteiger partial charge is 0.484 e. The summed E-state index contributed by atoms with van der Waals surface area (Å²) in [6.07, 6.45) is 5.16. The minimum Gasteiger partial charge on any atom is -0.484 e. The van der Waals surface area contributed by atoms with E-state index in [-0.39, 0.29) is 6.10 Å². The molecule has 0 spiro atoms. The van der Waals surface area contributed by atoms with Crippen LogP contribution in [0.2, 0.25) is 10.0 Å². The van der Waals surface area contributed by atoms with E-state index < -0.39 is 0 Å². The van der Waals surface area contributed by atoms with Gasteiger partial charge in [-0.15, -0.1) is 0 Å². The Labute approximate surface area is 170 Å². The third kappa shape index (κ3) is 4.96. The molecular formula is C21H23Cl2N3O. The van der Waals surface area contributed by atoms with Gasteiger partial charge in [-0.25, -0.2) is 4.98 Å². The van der Waals surface area contributed by atoms with E-state index >= 15 is 0 Å². The summed E-state index contributed by atoms with van der Waals surface area (Å²) in [7, 11) is 0. The number of hydrogen-bond donors (Lipinski definition) is 0. The summed E-state index contributed by atoms with van der Waals surface area (Å²) in [6, 6.07) is 13.6. The number of imidazole rings is 1. The van der Waals surface area contributed by atoms with Gasteiger partial charge in [0.05, 0.1) is 12.9 Å². The van der Waals surface area contributed by atoms with Gasteiger partial charge in [0.2, 0.25) is 0 Å². The molecule has 0 saturated heterocycles. The van der Waals surface area contributed by atoms with E-state index in [9.17, 15) is 0 Å². The molecule has 1 aromatic heterocycles. The van der Waals surface area contributed by atoms with Crippen molar-refractivity contribution >= 4 is 28.9 Å². The van der Waals surface area contributed by atoms with Gasteiger partial charge in [0.15, 0.2) is 0 Å². The number of rotatable bonds is 8. The highest BCUT2D eigenvalue weighted by Gasteiger charge is 2.18. The molecule has 0 radical (unpaired) electrons. The second-order valence-electron chi connectivity index (χ2n) is 6.20. The number of ether oxygens (including phenoxy) is 1. The minimum absolute atomic E-state index is 0.261. The number of nitrogens with zero attached hydrogens (tertiary/aromatic N) is 3. The molecule has 0 aliphatic carbocycles. The predicted octanol–water partition coefficient (Wildman–Crippen LogP) is 5.86. The van der Waals surface area contributed by atoms with Crippen molar-refractivity contribution in [3.63, 3.8) is 0 Å². The summed E-state index contributed by atoms with van der Waals surface area (Å²) >= 11 is 12.5. The van der Waals surface area contributed by atoms with Crippen LogP contribution in [0.5, 0.6) is 5.75 Å². The van der Waals surface area contributed by atoms with Crippen molar-refractivity contribution in [2.45, 2.75) is 26.5 Å². The molecule has 0 saturated carbocycles. The molecule has 0 aliphatic heterocycles. The molecule has 1 heterocycles. The van der Waals surface area contributed by atoms with E-state index in [2.05, 4.69) is 35.9 Å². The lowest BCUT2D eigenvalue weighted by molar-refractivity contribution is 0.183. The first-order valence-electron chi connectivity index (χ1n) is 9.03. The minimum atomic E-state index is -0.261. The molecule has 2 aromatic carbocycles. The Morgan fingerprint density at radius 2 is 1.81 bits per heavy atom. The monoisotopic (exact) mass is 403 g/mol. The molecule has 3 rings (SSSR count). The van der Waals surface area contributed by atoms with Gasteiger partial charge in [-0.2, -0.15) is 0 Å². The van der Waals surface area contributed by atoms with E-state index in [4.69, 9.17) is 27.9 Å². The van der Waals surface area contributed by atoms with Crippen molar-refractivity contribution in [2.24, 2.45) is 0 Å². The standard InChI is InChI=1S/C21H23Cl2N3O/c1-3-26(4-2)17-6-8-18(9-7-17)27-21(14-25-12-11-24-15-25)19-10-5-16(22)13-20(19)23/h5-13,15,21H,3-4,14H2,1-2H3. The Morgan fingerprint density at radius 1 is 1.07 bits per heavy atom. The van der Waals surface area contributed by atoms with E-state index in [0.717, 1.165) is 24.4 Å². The van der Waals surface area contributed by atoms with E-state index in [1.54, 1.807) is 18.6 Å². The predicted molar refractivity (Wildman–Crippen MR) is 112 cm³/mol. The third-order valence-corrected chi connectivity index (χ3v) is 5.05. The molecule has 4 nitrogen and oxygen atoms in total. The molecule has 0 N–H and O–H groups in total. The zero-order valence-electron chi connectivity index (χ0n) is 15.5. The quantitative estimate of drug-likeness (QED) is 0.471. The summed E-state index contributed by atoms with van der Waals surface area (Å²) in [5.74, 6) is 0.794. The lowest BCUT2D eigenvalue weighted by Gasteiger charge is -2.23. The number of benzene rings is 2. The smallest absolute Gasteiger partial charge is 0.143 e. The number of halogens is 2. The Balaban J connectivity index is 1.84. The molecule has 1 unspecified atom stereocenters. The van der Waals surface area contributed by atoms with Crippen LogP contribution in [-0.4, -0.2) is 22.6 Å². The van der Waals surface area contributed by atoms with Crippen LogP contribution in [0.25, 0.3) is 0 Å². The van der Waals surface area contributed by atoms with Crippen molar-refractivity contribution in [1.82, 2.24) is 9.55 Å². The maximum absolute atomic E-state index is 6.44. The van der Waals surface area contributed by atoms with Crippen LogP contribution in [0.3, 0.4) is 0 Å². The summed E-state index contributed by atoms with van der Waals surface area (Å²) in [4.78, 5) is 6.40. The Hall–Kier alpha value is -2.17. The SMILES string of the molecule is CCN(CC)c1ccc(OC(Cn2ccnc2)c2ccc(Cl)cc2Cl)cc1. The van der Waals surface area contributed by atoms with Crippen LogP contribution < -0.4 is 9.64 Å². The van der Waals surface area contributed by atoms with Gasteiger partial charge < -0.3 is 14.2 Å². The van der Waals surface area contributed by atoms with Crippen LogP contribution in [-0.2, 0) is 6.54 Å². The van der Waals surface area contributed by atoms with E-state index in [0.29, 0.717) is 16.6 Å². The van der Waals surface area contributed by atoms with Crippen molar-refractivity contribution < 1.29 is 4.74 Å². The number of anilines is 1. The van der Waals surface area contributed by atoms with E-state index in [1.807, 2.05) is 35.0 Å². The van der Waals surface area contributed by atoms with Gasteiger partial charge in [-0.05, 0) is 50.2 Å². The van der Waals surface area contributed by atoms with Gasteiger partial charge in [-0.3, -0.25) is 0 Å². The molecule has 1 atom stereocenters. The van der Waals surface area contributed by atoms with Gasteiger partial charge in [-0.1, -0.05) is 29.3 Å². The number of hydrogen-bond acceptors (Lipinski definition) is 3. The summed E-state index contributed by atoms with van der Waals surface area (Å²) in [5.41, 5.74) is 2.07. The van der Waals surface area contributed by atoms with Crippen LogP contribution in [0.15, 0.2) is 61.2 Å². The van der Waals surface area contributed by atoms with Gasteiger partial charge >= 0.3 is 0 Å². The van der Waals surface area contributed by atoms with Crippen molar-refractivity contribution in [3.8, 4) is 5.75 Å². The fourth-order valence-electron chi connectivity index (χ4n) is 3.04.